The van der Waals surface area contributed by atoms with E-state index < -0.39 is 12.1 Å². The van der Waals surface area contributed by atoms with Crippen molar-refractivity contribution in [2.75, 3.05) is 11.9 Å². The number of aliphatic hydroxyl groups excluding tert-OH is 1. The summed E-state index contributed by atoms with van der Waals surface area (Å²) in [7, 11) is 0. The largest absolute Gasteiger partial charge is 0.392 e. The molecule has 2 aromatic rings. The third-order valence-electron chi connectivity index (χ3n) is 4.39. The molecule has 0 spiro atoms. The van der Waals surface area contributed by atoms with Gasteiger partial charge in [-0.2, -0.15) is 0 Å². The Hall–Kier alpha value is -2.70. The molecule has 0 aromatic heterocycles. The van der Waals surface area contributed by atoms with Gasteiger partial charge in [-0.25, -0.2) is 0 Å². The maximum Gasteiger partial charge on any atom is 0.253 e. The van der Waals surface area contributed by atoms with Crippen molar-refractivity contribution in [3.05, 3.63) is 65.2 Å². The highest BCUT2D eigenvalue weighted by Crippen LogP contribution is 2.17. The lowest BCUT2D eigenvalue weighted by Crippen LogP contribution is -2.36. The molecule has 1 saturated heterocycles. The Bertz CT molecular complexity index is 806. The average molecular weight is 353 g/mol. The normalized spacial score (nSPS) is 19.2. The quantitative estimate of drug-likeness (QED) is 0.657. The van der Waals surface area contributed by atoms with Gasteiger partial charge in [-0.3, -0.25) is 9.59 Å². The number of rotatable bonds is 5. The molecule has 2 amide bonds. The topological polar surface area (TPSA) is 90.5 Å². The van der Waals surface area contributed by atoms with Crippen LogP contribution in [0.25, 0.3) is 0 Å². The van der Waals surface area contributed by atoms with Crippen molar-refractivity contribution < 1.29 is 14.7 Å². The molecule has 1 fully saturated rings. The van der Waals surface area contributed by atoms with Crippen molar-refractivity contribution in [2.24, 2.45) is 0 Å². The van der Waals surface area contributed by atoms with E-state index in [1.54, 1.807) is 24.3 Å². The Morgan fingerprint density at radius 1 is 1.19 bits per heavy atom. The Morgan fingerprint density at radius 2 is 2.00 bits per heavy atom. The number of benzene rings is 2. The first kappa shape index (κ1) is 18.1. The second kappa shape index (κ2) is 8.12. The smallest absolute Gasteiger partial charge is 0.253 e. The van der Waals surface area contributed by atoms with Crippen LogP contribution in [-0.2, 0) is 11.3 Å². The predicted octanol–water partition coefficient (Wildman–Crippen LogP) is 1.59. The van der Waals surface area contributed by atoms with Gasteiger partial charge in [0, 0.05) is 13.1 Å². The van der Waals surface area contributed by atoms with E-state index in [4.69, 9.17) is 0 Å². The Kier molecular flexibility index (Phi) is 5.65. The van der Waals surface area contributed by atoms with Gasteiger partial charge in [0.1, 0.15) is 0 Å². The number of aryl methyl sites for hydroxylation is 1. The minimum absolute atomic E-state index is 0.248. The molecule has 0 bridgehead atoms. The third-order valence-corrected chi connectivity index (χ3v) is 4.39. The molecule has 2 aromatic carbocycles. The first-order valence-electron chi connectivity index (χ1n) is 8.68. The second-order valence-corrected chi connectivity index (χ2v) is 6.56. The standard InChI is InChI=1S/C20H23N3O3/c1-13-5-4-6-14(9-13)11-22-19(25)16-7-2-3-8-17(16)23-20(26)18-10-15(24)12-21-18/h2-9,15,18,21,24H,10-12H2,1H3,(H,22,25)(H,23,26). The number of nitrogens with one attached hydrogen (secondary N) is 3. The van der Waals surface area contributed by atoms with E-state index in [2.05, 4.69) is 16.0 Å². The van der Waals surface area contributed by atoms with Crippen LogP contribution >= 0.6 is 0 Å². The molecule has 4 N–H and O–H groups in total. The van der Waals surface area contributed by atoms with Crippen LogP contribution in [0.5, 0.6) is 0 Å². The molecule has 26 heavy (non-hydrogen) atoms. The van der Waals surface area contributed by atoms with Crippen LogP contribution in [0, 0.1) is 6.92 Å². The van der Waals surface area contributed by atoms with Gasteiger partial charge in [0.05, 0.1) is 23.4 Å². The molecule has 3 rings (SSSR count). The molecule has 0 aliphatic carbocycles. The Labute approximate surface area is 152 Å². The molecule has 2 atom stereocenters. The van der Waals surface area contributed by atoms with Gasteiger partial charge in [0.15, 0.2) is 0 Å². The summed E-state index contributed by atoms with van der Waals surface area (Å²) < 4.78 is 0. The average Bonchev–Trinajstić information content (AvgIpc) is 3.07. The highest BCUT2D eigenvalue weighted by atomic mass is 16.3. The molecule has 2 unspecified atom stereocenters. The fraction of sp³-hybridized carbons (Fsp3) is 0.300. The third kappa shape index (κ3) is 4.47. The van der Waals surface area contributed by atoms with Crippen molar-refractivity contribution in [3.8, 4) is 0 Å². The lowest BCUT2D eigenvalue weighted by molar-refractivity contribution is -0.117. The molecular formula is C20H23N3O3. The van der Waals surface area contributed by atoms with E-state index in [0.29, 0.717) is 30.8 Å². The van der Waals surface area contributed by atoms with E-state index >= 15 is 0 Å². The second-order valence-electron chi connectivity index (χ2n) is 6.56. The lowest BCUT2D eigenvalue weighted by atomic mass is 10.1. The van der Waals surface area contributed by atoms with Crippen LogP contribution in [0.15, 0.2) is 48.5 Å². The van der Waals surface area contributed by atoms with Gasteiger partial charge in [-0.15, -0.1) is 0 Å². The molecule has 1 aliphatic rings. The molecule has 6 heteroatoms. The molecule has 0 radical (unpaired) electrons. The molecular weight excluding hydrogens is 330 g/mol. The summed E-state index contributed by atoms with van der Waals surface area (Å²) in [5, 5.41) is 18.2. The van der Waals surface area contributed by atoms with Crippen molar-refractivity contribution in [3.63, 3.8) is 0 Å². The van der Waals surface area contributed by atoms with Crippen LogP contribution in [0.1, 0.15) is 27.9 Å². The zero-order valence-corrected chi connectivity index (χ0v) is 14.7. The molecule has 1 heterocycles. The maximum atomic E-state index is 12.6. The highest BCUT2D eigenvalue weighted by Gasteiger charge is 2.28. The van der Waals surface area contributed by atoms with Gasteiger partial charge in [-0.05, 0) is 31.0 Å². The van der Waals surface area contributed by atoms with Gasteiger partial charge in [-0.1, -0.05) is 42.0 Å². The van der Waals surface area contributed by atoms with Crippen LogP contribution in [0.3, 0.4) is 0 Å². The van der Waals surface area contributed by atoms with Gasteiger partial charge < -0.3 is 21.1 Å². The van der Waals surface area contributed by atoms with Gasteiger partial charge in [0.2, 0.25) is 5.91 Å². The minimum atomic E-state index is -0.515. The number of carbonyl (C=O) groups is 2. The summed E-state index contributed by atoms with van der Waals surface area (Å²) in [5.74, 6) is -0.498. The maximum absolute atomic E-state index is 12.6. The van der Waals surface area contributed by atoms with Gasteiger partial charge in [0.25, 0.3) is 5.91 Å². The lowest BCUT2D eigenvalue weighted by Gasteiger charge is -2.14. The number of amides is 2. The first-order valence-corrected chi connectivity index (χ1v) is 8.68. The van der Waals surface area contributed by atoms with Crippen LogP contribution in [0.4, 0.5) is 5.69 Å². The number of anilines is 1. The number of para-hydroxylation sites is 1. The van der Waals surface area contributed by atoms with Crippen molar-refractivity contribution in [1.29, 1.82) is 0 Å². The summed E-state index contributed by atoms with van der Waals surface area (Å²) in [4.78, 5) is 24.9. The van der Waals surface area contributed by atoms with E-state index in [-0.39, 0.29) is 11.8 Å². The summed E-state index contributed by atoms with van der Waals surface area (Å²) in [6.07, 6.45) is -0.147. The zero-order chi connectivity index (χ0) is 18.5. The van der Waals surface area contributed by atoms with Crippen molar-refractivity contribution >= 4 is 17.5 Å². The summed E-state index contributed by atoms with van der Waals surface area (Å²) in [6, 6.07) is 14.4. The Balaban J connectivity index is 1.66. The molecule has 136 valence electrons. The van der Waals surface area contributed by atoms with Crippen LogP contribution in [-0.4, -0.2) is 35.6 Å². The first-order chi connectivity index (χ1) is 12.5. The molecule has 1 aliphatic heterocycles. The fourth-order valence-electron chi connectivity index (χ4n) is 3.03. The predicted molar refractivity (Wildman–Crippen MR) is 99.8 cm³/mol. The SMILES string of the molecule is Cc1cccc(CNC(=O)c2ccccc2NC(=O)C2CC(O)CN2)c1. The summed E-state index contributed by atoms with van der Waals surface area (Å²) in [5.41, 5.74) is 3.02. The summed E-state index contributed by atoms with van der Waals surface area (Å²) >= 11 is 0. The number of hydrogen-bond acceptors (Lipinski definition) is 4. The Morgan fingerprint density at radius 3 is 2.73 bits per heavy atom. The number of carbonyl (C=O) groups excluding carboxylic acids is 2. The number of β-amino-alcohol motifs (C(OH)–C–C–N with tert-alkyl or cyclic N) is 1. The molecule has 0 saturated carbocycles. The van der Waals surface area contributed by atoms with Crippen molar-refractivity contribution in [1.82, 2.24) is 10.6 Å². The number of hydrogen-bond donors (Lipinski definition) is 4. The van der Waals surface area contributed by atoms with E-state index in [9.17, 15) is 14.7 Å². The van der Waals surface area contributed by atoms with Crippen molar-refractivity contribution in [2.45, 2.75) is 32.0 Å². The van der Waals surface area contributed by atoms with E-state index in [0.717, 1.165) is 11.1 Å². The minimum Gasteiger partial charge on any atom is -0.392 e. The molecule has 6 nitrogen and oxygen atoms in total. The zero-order valence-electron chi connectivity index (χ0n) is 14.7. The number of aliphatic hydroxyl groups is 1. The van der Waals surface area contributed by atoms with E-state index in [1.807, 2.05) is 31.2 Å². The van der Waals surface area contributed by atoms with Crippen LogP contribution < -0.4 is 16.0 Å². The van der Waals surface area contributed by atoms with Gasteiger partial charge >= 0.3 is 0 Å². The summed E-state index contributed by atoms with van der Waals surface area (Å²) in [6.45, 7) is 2.82. The highest BCUT2D eigenvalue weighted by molar-refractivity contribution is 6.04. The van der Waals surface area contributed by atoms with E-state index in [1.165, 1.54) is 0 Å². The van der Waals surface area contributed by atoms with Crippen LogP contribution in [0.2, 0.25) is 0 Å². The fourth-order valence-corrected chi connectivity index (χ4v) is 3.03. The monoisotopic (exact) mass is 353 g/mol.